The Morgan fingerprint density at radius 2 is 1.52 bits per heavy atom. The van der Waals surface area contributed by atoms with Crippen LogP contribution in [0.2, 0.25) is 0 Å². The van der Waals surface area contributed by atoms with Gasteiger partial charge in [0.05, 0.1) is 11.9 Å². The predicted octanol–water partition coefficient (Wildman–Crippen LogP) is 1.30. The number of aromatic nitrogens is 2. The van der Waals surface area contributed by atoms with E-state index in [1.54, 1.807) is 24.5 Å². The lowest BCUT2D eigenvalue weighted by molar-refractivity contribution is 0.873. The molecule has 1 aliphatic rings. The van der Waals surface area contributed by atoms with Crippen molar-refractivity contribution in [3.63, 3.8) is 0 Å². The van der Waals surface area contributed by atoms with E-state index in [-0.39, 0.29) is 0 Å². The minimum absolute atomic E-state index is 0.527. The number of hydrogen-bond donors (Lipinski definition) is 3. The third-order valence-corrected chi connectivity index (χ3v) is 2.48. The Morgan fingerprint density at radius 3 is 2.00 bits per heavy atom. The van der Waals surface area contributed by atoms with E-state index in [2.05, 4.69) is 31.0 Å². The van der Waals surface area contributed by atoms with Crippen LogP contribution in [0.25, 0.3) is 0 Å². The molecule has 0 bridgehead atoms. The molecule has 0 aromatic carbocycles. The number of pyridine rings is 2. The van der Waals surface area contributed by atoms with E-state index in [0.717, 1.165) is 0 Å². The van der Waals surface area contributed by atoms with E-state index in [9.17, 15) is 0 Å². The van der Waals surface area contributed by atoms with Crippen molar-refractivity contribution in [1.29, 1.82) is 0 Å². The summed E-state index contributed by atoms with van der Waals surface area (Å²) in [6.07, 6.45) is 3.26. The maximum atomic E-state index is 5.58. The lowest BCUT2D eigenvalue weighted by atomic mass is 10.3. The van der Waals surface area contributed by atoms with Gasteiger partial charge in [0.15, 0.2) is 11.7 Å². The van der Waals surface area contributed by atoms with Gasteiger partial charge in [0, 0.05) is 6.20 Å². The third-order valence-electron chi connectivity index (χ3n) is 2.48. The van der Waals surface area contributed by atoms with Crippen molar-refractivity contribution in [2.75, 3.05) is 5.73 Å². The van der Waals surface area contributed by atoms with E-state index < -0.39 is 0 Å². The first-order valence-corrected chi connectivity index (χ1v) is 6.63. The van der Waals surface area contributed by atoms with Crippen molar-refractivity contribution >= 4 is 17.4 Å². The second-order valence-electron chi connectivity index (χ2n) is 3.84. The fraction of sp³-hybridized carbons (Fsp3) is 0.143. The van der Waals surface area contributed by atoms with Gasteiger partial charge in [0.25, 0.3) is 0 Å². The molecule has 0 unspecified atom stereocenters. The molecule has 2 aromatic rings. The number of nitrogen functional groups attached to an aromatic ring is 1. The van der Waals surface area contributed by atoms with Crippen LogP contribution in [0.5, 0.6) is 0 Å². The van der Waals surface area contributed by atoms with Gasteiger partial charge in [0.1, 0.15) is 11.4 Å². The Bertz CT molecular complexity index is 632. The molecule has 7 nitrogen and oxygen atoms in total. The van der Waals surface area contributed by atoms with Gasteiger partial charge >= 0.3 is 0 Å². The number of anilines is 1. The predicted molar refractivity (Wildman–Crippen MR) is 83.6 cm³/mol. The van der Waals surface area contributed by atoms with Gasteiger partial charge in [-0.05, 0) is 24.3 Å². The van der Waals surface area contributed by atoms with E-state index in [0.29, 0.717) is 28.7 Å². The Morgan fingerprint density at radius 1 is 0.857 bits per heavy atom. The van der Waals surface area contributed by atoms with E-state index in [1.165, 1.54) is 0 Å². The van der Waals surface area contributed by atoms with Gasteiger partial charge in [0.2, 0.25) is 0 Å². The standard InChI is InChI=1S/C12H11N7.C2H6/c13-8-4-5-10(15-7-8)12-18-16-11(17-19-12)9-3-1-2-6-14-9;1-2/h1-7H,13H2,(H,16,17)(H,18,19);1-2H3. The average Bonchev–Trinajstić information content (AvgIpc) is 2.58. The molecule has 1 aliphatic heterocycles. The summed E-state index contributed by atoms with van der Waals surface area (Å²) in [7, 11) is 0. The van der Waals surface area contributed by atoms with Crippen LogP contribution in [0.15, 0.2) is 52.9 Å². The molecule has 0 spiro atoms. The molecule has 0 saturated carbocycles. The number of nitrogens with zero attached hydrogens (tertiary/aromatic N) is 4. The van der Waals surface area contributed by atoms with Gasteiger partial charge in [-0.3, -0.25) is 20.8 Å². The normalized spacial score (nSPS) is 12.9. The summed E-state index contributed by atoms with van der Waals surface area (Å²) in [5.41, 5.74) is 13.2. The molecule has 7 heteroatoms. The number of nitrogens with one attached hydrogen (secondary N) is 2. The Kier molecular flexibility index (Phi) is 4.81. The largest absolute Gasteiger partial charge is 0.397 e. The third kappa shape index (κ3) is 3.53. The van der Waals surface area contributed by atoms with Crippen molar-refractivity contribution in [3.05, 3.63) is 54.1 Å². The van der Waals surface area contributed by atoms with Crippen LogP contribution in [0.3, 0.4) is 0 Å². The second-order valence-corrected chi connectivity index (χ2v) is 3.84. The van der Waals surface area contributed by atoms with Gasteiger partial charge in [-0.25, -0.2) is 0 Å². The summed E-state index contributed by atoms with van der Waals surface area (Å²) in [5, 5.41) is 8.34. The number of rotatable bonds is 2. The minimum atomic E-state index is 0.527. The van der Waals surface area contributed by atoms with E-state index >= 15 is 0 Å². The fourth-order valence-corrected chi connectivity index (χ4v) is 1.55. The van der Waals surface area contributed by atoms with Crippen LogP contribution in [0.4, 0.5) is 5.69 Å². The molecule has 0 amide bonds. The monoisotopic (exact) mass is 283 g/mol. The quantitative estimate of drug-likeness (QED) is 0.771. The van der Waals surface area contributed by atoms with E-state index in [1.807, 2.05) is 32.0 Å². The maximum absolute atomic E-state index is 5.58. The highest BCUT2D eigenvalue weighted by atomic mass is 15.5. The van der Waals surface area contributed by atoms with Crippen LogP contribution >= 0.6 is 0 Å². The van der Waals surface area contributed by atoms with Crippen LogP contribution in [-0.4, -0.2) is 21.6 Å². The molecule has 21 heavy (non-hydrogen) atoms. The minimum Gasteiger partial charge on any atom is -0.397 e. The molecule has 3 rings (SSSR count). The first kappa shape index (κ1) is 14.4. The first-order chi connectivity index (χ1) is 10.3. The van der Waals surface area contributed by atoms with E-state index in [4.69, 9.17) is 5.73 Å². The molecule has 4 N–H and O–H groups in total. The SMILES string of the molecule is CC.Nc1ccc(C2=NNC(c3ccccn3)=NN2)nc1. The zero-order chi connectivity index (χ0) is 15.1. The Hall–Kier alpha value is -2.96. The van der Waals surface area contributed by atoms with Crippen molar-refractivity contribution in [3.8, 4) is 0 Å². The lowest BCUT2D eigenvalue weighted by Crippen LogP contribution is -2.35. The van der Waals surface area contributed by atoms with Crippen LogP contribution in [0, 0.1) is 0 Å². The zero-order valence-electron chi connectivity index (χ0n) is 11.9. The second kappa shape index (κ2) is 6.99. The molecule has 2 aromatic heterocycles. The van der Waals surface area contributed by atoms with Gasteiger partial charge in [-0.15, -0.1) is 0 Å². The van der Waals surface area contributed by atoms with Crippen LogP contribution < -0.4 is 16.6 Å². The van der Waals surface area contributed by atoms with Crippen molar-refractivity contribution in [1.82, 2.24) is 20.8 Å². The number of nitrogens with two attached hydrogens (primary N) is 1. The van der Waals surface area contributed by atoms with Crippen molar-refractivity contribution < 1.29 is 0 Å². The molecule has 0 radical (unpaired) electrons. The van der Waals surface area contributed by atoms with Crippen LogP contribution in [0.1, 0.15) is 25.2 Å². The highest BCUT2D eigenvalue weighted by Gasteiger charge is 2.12. The van der Waals surface area contributed by atoms with Crippen molar-refractivity contribution in [2.45, 2.75) is 13.8 Å². The fourth-order valence-electron chi connectivity index (χ4n) is 1.55. The summed E-state index contributed by atoms with van der Waals surface area (Å²) in [5.74, 6) is 1.08. The molecule has 3 heterocycles. The summed E-state index contributed by atoms with van der Waals surface area (Å²) < 4.78 is 0. The molecule has 0 aliphatic carbocycles. The molecular formula is C14H17N7. The number of amidine groups is 2. The summed E-state index contributed by atoms with van der Waals surface area (Å²) in [4.78, 5) is 8.33. The Labute approximate surface area is 123 Å². The van der Waals surface area contributed by atoms with Gasteiger partial charge in [-0.1, -0.05) is 19.9 Å². The average molecular weight is 283 g/mol. The summed E-state index contributed by atoms with van der Waals surface area (Å²) in [6.45, 7) is 4.00. The lowest BCUT2D eigenvalue weighted by Gasteiger charge is -2.13. The summed E-state index contributed by atoms with van der Waals surface area (Å²) >= 11 is 0. The van der Waals surface area contributed by atoms with Crippen molar-refractivity contribution in [2.24, 2.45) is 10.2 Å². The smallest absolute Gasteiger partial charge is 0.192 e. The maximum Gasteiger partial charge on any atom is 0.192 e. The molecule has 0 fully saturated rings. The highest BCUT2D eigenvalue weighted by Crippen LogP contribution is 2.04. The summed E-state index contributed by atoms with van der Waals surface area (Å²) in [6, 6.07) is 9.09. The molecule has 0 atom stereocenters. The number of hydrazone groups is 2. The van der Waals surface area contributed by atoms with Gasteiger partial charge < -0.3 is 5.73 Å². The highest BCUT2D eigenvalue weighted by molar-refractivity contribution is 6.04. The zero-order valence-corrected chi connectivity index (χ0v) is 11.9. The molecule has 0 saturated heterocycles. The molecular weight excluding hydrogens is 266 g/mol. The van der Waals surface area contributed by atoms with Gasteiger partial charge in [-0.2, -0.15) is 10.2 Å². The number of hydrogen-bond acceptors (Lipinski definition) is 7. The van der Waals surface area contributed by atoms with Crippen LogP contribution in [-0.2, 0) is 0 Å². The first-order valence-electron chi connectivity index (χ1n) is 6.63. The topological polar surface area (TPSA) is 101 Å². The molecule has 108 valence electrons. The Balaban J connectivity index is 0.000000774.